The Labute approximate surface area is 114 Å². The van der Waals surface area contributed by atoms with Gasteiger partial charge >= 0.3 is 0 Å². The van der Waals surface area contributed by atoms with Gasteiger partial charge in [0.25, 0.3) is 5.91 Å². The lowest BCUT2D eigenvalue weighted by atomic mass is 10.0. The van der Waals surface area contributed by atoms with Crippen molar-refractivity contribution in [2.24, 2.45) is 11.8 Å². The second-order valence-electron chi connectivity index (χ2n) is 5.14. The van der Waals surface area contributed by atoms with Crippen LogP contribution in [0.5, 0.6) is 0 Å². The maximum Gasteiger partial charge on any atom is 0.270 e. The van der Waals surface area contributed by atoms with Crippen LogP contribution in [0.15, 0.2) is 18.2 Å². The molecule has 0 fully saturated rings. The smallest absolute Gasteiger partial charge is 0.270 e. The lowest BCUT2D eigenvalue weighted by Crippen LogP contribution is -2.45. The molecule has 0 saturated carbocycles. The normalized spacial score (nSPS) is 12.6. The molecule has 1 atom stereocenters. The molecule has 1 amide bonds. The van der Waals surface area contributed by atoms with E-state index in [0.29, 0.717) is 17.4 Å². The van der Waals surface area contributed by atoms with Crippen LogP contribution in [-0.4, -0.2) is 42.5 Å². The number of aromatic nitrogens is 1. The Morgan fingerprint density at radius 3 is 2.63 bits per heavy atom. The largest absolute Gasteiger partial charge is 0.346 e. The first-order valence-electron chi connectivity index (χ1n) is 6.33. The number of pyridine rings is 1. The number of anilines is 1. The summed E-state index contributed by atoms with van der Waals surface area (Å²) >= 11 is 0. The van der Waals surface area contributed by atoms with E-state index in [4.69, 9.17) is 5.84 Å². The van der Waals surface area contributed by atoms with Gasteiger partial charge in [-0.2, -0.15) is 0 Å². The monoisotopic (exact) mass is 265 g/mol. The summed E-state index contributed by atoms with van der Waals surface area (Å²) in [6, 6.07) is 5.20. The lowest BCUT2D eigenvalue weighted by Gasteiger charge is -2.25. The number of nitrogens with one attached hydrogen (secondary N) is 2. The Hall–Kier alpha value is -1.66. The van der Waals surface area contributed by atoms with Gasteiger partial charge in [0.05, 0.1) is 0 Å². The lowest BCUT2D eigenvalue weighted by molar-refractivity contribution is 0.0911. The molecular weight excluding hydrogens is 242 g/mol. The molecule has 0 spiro atoms. The van der Waals surface area contributed by atoms with Gasteiger partial charge in [0.15, 0.2) is 0 Å². The van der Waals surface area contributed by atoms with E-state index in [9.17, 15) is 4.79 Å². The van der Waals surface area contributed by atoms with Crippen molar-refractivity contribution in [3.63, 3.8) is 0 Å². The molecule has 0 saturated heterocycles. The van der Waals surface area contributed by atoms with Crippen LogP contribution >= 0.6 is 0 Å². The van der Waals surface area contributed by atoms with Crippen LogP contribution in [-0.2, 0) is 0 Å². The number of nitrogens with two attached hydrogens (primary N) is 1. The number of nitrogen functional groups attached to an aromatic ring is 1. The van der Waals surface area contributed by atoms with Crippen LogP contribution < -0.4 is 16.6 Å². The Bertz CT molecular complexity index is 419. The molecular formula is C13H23N5O. The summed E-state index contributed by atoms with van der Waals surface area (Å²) in [6.45, 7) is 4.96. The standard InChI is InChI=1S/C13H23N5O/c1-9(2)11(8-18(3)4)16-13(19)10-6-5-7-12(15-10)17-14/h5-7,9,11H,8,14H2,1-4H3,(H,15,17)(H,16,19). The molecule has 0 aliphatic carbocycles. The van der Waals surface area contributed by atoms with Crippen molar-refractivity contribution in [3.8, 4) is 0 Å². The van der Waals surface area contributed by atoms with Gasteiger partial charge in [-0.1, -0.05) is 19.9 Å². The minimum Gasteiger partial charge on any atom is -0.346 e. The van der Waals surface area contributed by atoms with E-state index in [1.54, 1.807) is 18.2 Å². The fraction of sp³-hybridized carbons (Fsp3) is 0.538. The molecule has 6 heteroatoms. The summed E-state index contributed by atoms with van der Waals surface area (Å²) in [5, 5.41) is 3.00. The number of nitrogens with zero attached hydrogens (tertiary/aromatic N) is 2. The molecule has 0 aromatic carbocycles. The summed E-state index contributed by atoms with van der Waals surface area (Å²) in [4.78, 5) is 18.3. The molecule has 19 heavy (non-hydrogen) atoms. The Balaban J connectivity index is 2.75. The average Bonchev–Trinajstić information content (AvgIpc) is 2.37. The van der Waals surface area contributed by atoms with Gasteiger partial charge < -0.3 is 15.6 Å². The van der Waals surface area contributed by atoms with Crippen molar-refractivity contribution < 1.29 is 4.79 Å². The Morgan fingerprint density at radius 1 is 1.42 bits per heavy atom. The predicted octanol–water partition coefficient (Wildman–Crippen LogP) is 0.683. The van der Waals surface area contributed by atoms with Crippen molar-refractivity contribution in [1.29, 1.82) is 0 Å². The van der Waals surface area contributed by atoms with E-state index < -0.39 is 0 Å². The third-order valence-electron chi connectivity index (χ3n) is 2.81. The van der Waals surface area contributed by atoms with E-state index in [2.05, 4.69) is 34.5 Å². The van der Waals surface area contributed by atoms with Gasteiger partial charge in [-0.3, -0.25) is 4.79 Å². The van der Waals surface area contributed by atoms with E-state index >= 15 is 0 Å². The minimum atomic E-state index is -0.183. The number of hydrogen-bond acceptors (Lipinski definition) is 5. The zero-order chi connectivity index (χ0) is 14.4. The molecule has 0 radical (unpaired) electrons. The molecule has 1 heterocycles. The summed E-state index contributed by atoms with van der Waals surface area (Å²) < 4.78 is 0. The number of hydrogen-bond donors (Lipinski definition) is 3. The molecule has 4 N–H and O–H groups in total. The number of likely N-dealkylation sites (N-methyl/N-ethyl adjacent to an activating group) is 1. The highest BCUT2D eigenvalue weighted by Gasteiger charge is 2.18. The van der Waals surface area contributed by atoms with E-state index in [0.717, 1.165) is 6.54 Å². The summed E-state index contributed by atoms with van der Waals surface area (Å²) in [6.07, 6.45) is 0. The fourth-order valence-corrected chi connectivity index (χ4v) is 1.70. The molecule has 1 aromatic rings. The average molecular weight is 265 g/mol. The minimum absolute atomic E-state index is 0.0822. The summed E-state index contributed by atoms with van der Waals surface area (Å²) in [5.41, 5.74) is 2.79. The van der Waals surface area contributed by atoms with Crippen LogP contribution in [0.25, 0.3) is 0 Å². The third kappa shape index (κ3) is 4.84. The maximum absolute atomic E-state index is 12.1. The van der Waals surface area contributed by atoms with E-state index in [1.807, 2.05) is 14.1 Å². The summed E-state index contributed by atoms with van der Waals surface area (Å²) in [5.74, 6) is 5.92. The molecule has 6 nitrogen and oxygen atoms in total. The first-order valence-corrected chi connectivity index (χ1v) is 6.33. The van der Waals surface area contributed by atoms with Crippen LogP contribution in [0.2, 0.25) is 0 Å². The van der Waals surface area contributed by atoms with Gasteiger partial charge in [0, 0.05) is 12.6 Å². The van der Waals surface area contributed by atoms with Gasteiger partial charge in [-0.25, -0.2) is 10.8 Å². The van der Waals surface area contributed by atoms with Crippen LogP contribution in [0.4, 0.5) is 5.82 Å². The zero-order valence-electron chi connectivity index (χ0n) is 12.0. The molecule has 1 rings (SSSR count). The van der Waals surface area contributed by atoms with Crippen LogP contribution in [0.1, 0.15) is 24.3 Å². The van der Waals surface area contributed by atoms with Gasteiger partial charge in [0.2, 0.25) is 0 Å². The van der Waals surface area contributed by atoms with Crippen molar-refractivity contribution in [1.82, 2.24) is 15.2 Å². The fourth-order valence-electron chi connectivity index (χ4n) is 1.70. The highest BCUT2D eigenvalue weighted by atomic mass is 16.1. The first kappa shape index (κ1) is 15.4. The molecule has 0 bridgehead atoms. The van der Waals surface area contributed by atoms with Gasteiger partial charge in [-0.15, -0.1) is 0 Å². The number of rotatable bonds is 6. The Morgan fingerprint density at radius 2 is 2.11 bits per heavy atom. The number of carbonyl (C=O) groups excluding carboxylic acids is 1. The molecule has 1 unspecified atom stereocenters. The highest BCUT2D eigenvalue weighted by Crippen LogP contribution is 2.07. The quantitative estimate of drug-likeness (QED) is 0.520. The number of carbonyl (C=O) groups is 1. The molecule has 1 aromatic heterocycles. The van der Waals surface area contributed by atoms with Crippen molar-refractivity contribution >= 4 is 11.7 Å². The van der Waals surface area contributed by atoms with Gasteiger partial charge in [0.1, 0.15) is 11.5 Å². The second kappa shape index (κ2) is 7.06. The maximum atomic E-state index is 12.1. The third-order valence-corrected chi connectivity index (χ3v) is 2.81. The molecule has 0 aliphatic rings. The van der Waals surface area contributed by atoms with Crippen LogP contribution in [0.3, 0.4) is 0 Å². The molecule has 0 aliphatic heterocycles. The number of amides is 1. The number of hydrazine groups is 1. The van der Waals surface area contributed by atoms with Gasteiger partial charge in [-0.05, 0) is 32.1 Å². The Kier molecular flexibility index (Phi) is 5.72. The van der Waals surface area contributed by atoms with Crippen molar-refractivity contribution in [2.75, 3.05) is 26.1 Å². The highest BCUT2D eigenvalue weighted by molar-refractivity contribution is 5.92. The summed E-state index contributed by atoms with van der Waals surface area (Å²) in [7, 11) is 3.97. The topological polar surface area (TPSA) is 83.3 Å². The zero-order valence-corrected chi connectivity index (χ0v) is 12.0. The first-order chi connectivity index (χ1) is 8.93. The van der Waals surface area contributed by atoms with Crippen molar-refractivity contribution in [2.45, 2.75) is 19.9 Å². The predicted molar refractivity (Wildman–Crippen MR) is 76.7 cm³/mol. The van der Waals surface area contributed by atoms with Crippen molar-refractivity contribution in [3.05, 3.63) is 23.9 Å². The van der Waals surface area contributed by atoms with Crippen LogP contribution in [0, 0.1) is 5.92 Å². The van der Waals surface area contributed by atoms with E-state index in [1.165, 1.54) is 0 Å². The van der Waals surface area contributed by atoms with E-state index in [-0.39, 0.29) is 11.9 Å². The SMILES string of the molecule is CC(C)C(CN(C)C)NC(=O)c1cccc(NN)n1. The molecule has 106 valence electrons. The second-order valence-corrected chi connectivity index (χ2v) is 5.14.